The van der Waals surface area contributed by atoms with Crippen molar-refractivity contribution >= 4 is 65.5 Å². The Morgan fingerprint density at radius 3 is 1.93 bits per heavy atom. The molecule has 1 aliphatic rings. The van der Waals surface area contributed by atoms with Crippen LogP contribution in [0.1, 0.15) is 23.9 Å². The first-order valence-corrected chi connectivity index (χ1v) is 20.1. The summed E-state index contributed by atoms with van der Waals surface area (Å²) in [5.74, 6) is 2.68. The van der Waals surface area contributed by atoms with Crippen LogP contribution in [0.2, 0.25) is 0 Å². The van der Waals surface area contributed by atoms with Gasteiger partial charge in [0.25, 0.3) is 0 Å². The lowest BCUT2D eigenvalue weighted by Gasteiger charge is -2.38. The normalized spacial score (nSPS) is 17.1. The van der Waals surface area contributed by atoms with Gasteiger partial charge in [0.15, 0.2) is 17.5 Å². The second-order valence-electron chi connectivity index (χ2n) is 15.5. The van der Waals surface area contributed by atoms with Crippen LogP contribution in [-0.2, 0) is 10.3 Å². The summed E-state index contributed by atoms with van der Waals surface area (Å²) in [6.45, 7) is 11.0. The molecule has 60 heavy (non-hydrogen) atoms. The fourth-order valence-electron chi connectivity index (χ4n) is 9.09. The van der Waals surface area contributed by atoms with Crippen LogP contribution in [0.4, 0.5) is 0 Å². The third-order valence-electron chi connectivity index (χ3n) is 12.0. The van der Waals surface area contributed by atoms with Gasteiger partial charge in [-0.3, -0.25) is 0 Å². The molecule has 11 rings (SSSR count). The van der Waals surface area contributed by atoms with Crippen molar-refractivity contribution in [2.45, 2.75) is 12.5 Å². The SMILES string of the molecule is C=C1/C=C\C=C(\c2nc(-c3ccccc3)nc(-c3ccc4ccccc4c3)n2)C(C)(n2c3cc4ccccc4cc3c3ccc4ccccc4c32)c2ccccc2C(=C)O1. The summed E-state index contributed by atoms with van der Waals surface area (Å²) in [6.07, 6.45) is 5.98. The Balaban J connectivity index is 1.31. The van der Waals surface area contributed by atoms with Gasteiger partial charge in [0.05, 0.1) is 16.6 Å². The van der Waals surface area contributed by atoms with Gasteiger partial charge in [0, 0.05) is 38.4 Å². The number of hydrogen-bond donors (Lipinski definition) is 0. The zero-order chi connectivity index (χ0) is 40.4. The Morgan fingerprint density at radius 1 is 0.517 bits per heavy atom. The molecule has 5 heteroatoms. The molecule has 284 valence electrons. The number of rotatable bonds is 4. The molecule has 1 atom stereocenters. The van der Waals surface area contributed by atoms with Crippen LogP contribution < -0.4 is 0 Å². The molecule has 0 fully saturated rings. The molecule has 3 heterocycles. The molecule has 0 radical (unpaired) electrons. The highest BCUT2D eigenvalue weighted by molar-refractivity contribution is 6.20. The van der Waals surface area contributed by atoms with Crippen molar-refractivity contribution in [3.63, 3.8) is 0 Å². The van der Waals surface area contributed by atoms with E-state index < -0.39 is 5.54 Å². The highest BCUT2D eigenvalue weighted by Gasteiger charge is 2.41. The first-order chi connectivity index (χ1) is 29.4. The van der Waals surface area contributed by atoms with Crippen LogP contribution in [0.25, 0.3) is 88.2 Å². The lowest BCUT2D eigenvalue weighted by atomic mass is 9.79. The Labute approximate surface area is 347 Å². The molecule has 0 N–H and O–H groups in total. The van der Waals surface area contributed by atoms with E-state index in [4.69, 9.17) is 19.7 Å². The van der Waals surface area contributed by atoms with Crippen molar-refractivity contribution in [3.05, 3.63) is 224 Å². The molecule has 8 aromatic carbocycles. The molecule has 0 aliphatic carbocycles. The zero-order valence-electron chi connectivity index (χ0n) is 33.0. The van der Waals surface area contributed by atoms with Gasteiger partial charge < -0.3 is 9.30 Å². The summed E-state index contributed by atoms with van der Waals surface area (Å²) in [7, 11) is 0. The molecule has 2 aromatic heterocycles. The van der Waals surface area contributed by atoms with E-state index in [0.29, 0.717) is 29.0 Å². The largest absolute Gasteiger partial charge is 0.458 e. The van der Waals surface area contributed by atoms with Crippen molar-refractivity contribution in [1.82, 2.24) is 19.5 Å². The minimum Gasteiger partial charge on any atom is -0.458 e. The van der Waals surface area contributed by atoms with Gasteiger partial charge in [-0.15, -0.1) is 0 Å². The van der Waals surface area contributed by atoms with E-state index in [1.165, 1.54) is 5.39 Å². The van der Waals surface area contributed by atoms with E-state index in [0.717, 1.165) is 76.6 Å². The van der Waals surface area contributed by atoms with Gasteiger partial charge in [0.2, 0.25) is 0 Å². The summed E-state index contributed by atoms with van der Waals surface area (Å²) in [5, 5.41) is 9.18. The maximum atomic E-state index is 6.34. The Kier molecular flexibility index (Phi) is 8.17. The first kappa shape index (κ1) is 35.3. The minimum atomic E-state index is -0.992. The van der Waals surface area contributed by atoms with E-state index in [1.807, 2.05) is 36.4 Å². The second kappa shape index (κ2) is 13.9. The summed E-state index contributed by atoms with van der Waals surface area (Å²) >= 11 is 0. The molecule has 5 nitrogen and oxygen atoms in total. The Hall–Kier alpha value is -7.89. The fourth-order valence-corrected chi connectivity index (χ4v) is 9.09. The Morgan fingerprint density at radius 2 is 1.13 bits per heavy atom. The fraction of sp³-hybridized carbons (Fsp3) is 0.0364. The van der Waals surface area contributed by atoms with Crippen molar-refractivity contribution in [2.75, 3.05) is 0 Å². The quantitative estimate of drug-likeness (QED) is 0.179. The average Bonchev–Trinajstić information content (AvgIpc) is 3.63. The molecule has 0 bridgehead atoms. The third kappa shape index (κ3) is 5.66. The third-order valence-corrected chi connectivity index (χ3v) is 12.0. The molecular weight excluding hydrogens is 733 g/mol. The van der Waals surface area contributed by atoms with Gasteiger partial charge in [-0.05, 0) is 63.7 Å². The van der Waals surface area contributed by atoms with E-state index >= 15 is 0 Å². The maximum absolute atomic E-state index is 6.34. The molecule has 10 aromatic rings. The van der Waals surface area contributed by atoms with Crippen LogP contribution in [0, 0.1) is 0 Å². The molecule has 1 aliphatic heterocycles. The number of nitrogens with zero attached hydrogens (tertiary/aromatic N) is 4. The number of hydrogen-bond acceptors (Lipinski definition) is 4. The van der Waals surface area contributed by atoms with Gasteiger partial charge in [0.1, 0.15) is 11.5 Å². The molecule has 0 saturated heterocycles. The van der Waals surface area contributed by atoms with Crippen LogP contribution >= 0.6 is 0 Å². The number of benzene rings is 8. The highest BCUT2D eigenvalue weighted by atomic mass is 16.5. The van der Waals surface area contributed by atoms with Crippen molar-refractivity contribution in [1.29, 1.82) is 0 Å². The van der Waals surface area contributed by atoms with Crippen molar-refractivity contribution in [2.24, 2.45) is 0 Å². The monoisotopic (exact) mass is 770 g/mol. The topological polar surface area (TPSA) is 52.8 Å². The smallest absolute Gasteiger partial charge is 0.164 e. The lowest BCUT2D eigenvalue weighted by Crippen LogP contribution is -2.35. The first-order valence-electron chi connectivity index (χ1n) is 20.1. The Bertz CT molecular complexity index is 3470. The molecule has 0 saturated carbocycles. The maximum Gasteiger partial charge on any atom is 0.164 e. The number of ether oxygens (including phenoxy) is 1. The van der Waals surface area contributed by atoms with E-state index in [2.05, 4.69) is 176 Å². The summed E-state index contributed by atoms with van der Waals surface area (Å²) in [5.41, 5.74) is 5.66. The van der Waals surface area contributed by atoms with Gasteiger partial charge in [-0.2, -0.15) is 0 Å². The zero-order valence-corrected chi connectivity index (χ0v) is 33.0. The molecule has 0 amide bonds. The second-order valence-corrected chi connectivity index (χ2v) is 15.5. The van der Waals surface area contributed by atoms with E-state index in [-0.39, 0.29) is 0 Å². The van der Waals surface area contributed by atoms with Crippen LogP contribution in [0.5, 0.6) is 0 Å². The predicted octanol–water partition coefficient (Wildman–Crippen LogP) is 13.7. The molecule has 0 spiro atoms. The highest BCUT2D eigenvalue weighted by Crippen LogP contribution is 2.49. The summed E-state index contributed by atoms with van der Waals surface area (Å²) in [4.78, 5) is 16.1. The number of fused-ring (bicyclic) bond motifs is 8. The van der Waals surface area contributed by atoms with Crippen LogP contribution in [0.15, 0.2) is 207 Å². The van der Waals surface area contributed by atoms with Crippen LogP contribution in [0.3, 0.4) is 0 Å². The molecule has 1 unspecified atom stereocenters. The van der Waals surface area contributed by atoms with E-state index in [1.54, 1.807) is 0 Å². The average molecular weight is 771 g/mol. The number of allylic oxidation sites excluding steroid dienone is 4. The van der Waals surface area contributed by atoms with Gasteiger partial charge in [-0.1, -0.05) is 177 Å². The van der Waals surface area contributed by atoms with E-state index in [9.17, 15) is 0 Å². The lowest BCUT2D eigenvalue weighted by molar-refractivity contribution is 0.401. The van der Waals surface area contributed by atoms with Crippen LogP contribution in [-0.4, -0.2) is 19.5 Å². The summed E-state index contributed by atoms with van der Waals surface area (Å²) in [6, 6.07) is 59.7. The minimum absolute atomic E-state index is 0.473. The van der Waals surface area contributed by atoms with Gasteiger partial charge in [-0.25, -0.2) is 15.0 Å². The molecular formula is C55H38N4O. The summed E-state index contributed by atoms with van der Waals surface area (Å²) < 4.78 is 8.85. The predicted molar refractivity (Wildman–Crippen MR) is 248 cm³/mol. The van der Waals surface area contributed by atoms with Gasteiger partial charge >= 0.3 is 0 Å². The standard InChI is InChI=1S/C55H38N4O/c1-35-16-15-27-49(54-57-52(39-19-5-4-6-20-39)56-53(58-54)43-29-28-37-17-7-8-21-40(37)32-43)55(3,48-26-14-13-24-44(48)36(2)60-35)59-50-34-42-23-10-9-22-41(42)33-47(50)46-31-30-38-18-11-12-25-45(38)51(46)59/h4-34H,1-2H2,3H3/b16-15-,49-27-. The van der Waals surface area contributed by atoms with Crippen molar-refractivity contribution in [3.8, 4) is 22.8 Å². The van der Waals surface area contributed by atoms with Crippen molar-refractivity contribution < 1.29 is 4.74 Å². The number of aromatic nitrogens is 4.